The fraction of sp³-hybridized carbons (Fsp3) is 0.167. The Labute approximate surface area is 155 Å². The highest BCUT2D eigenvalue weighted by Crippen LogP contribution is 2.43. The first-order valence-corrected chi connectivity index (χ1v) is 9.22. The van der Waals surface area contributed by atoms with Gasteiger partial charge >= 0.3 is 0 Å². The Morgan fingerprint density at radius 3 is 2.50 bits per heavy atom. The minimum atomic E-state index is 0.241. The molecule has 2 aliphatic rings. The minimum absolute atomic E-state index is 0.241. The molecule has 1 atom stereocenters. The van der Waals surface area contributed by atoms with Crippen LogP contribution in [0.2, 0.25) is 0 Å². The van der Waals surface area contributed by atoms with Gasteiger partial charge in [0, 0.05) is 23.7 Å². The van der Waals surface area contributed by atoms with Gasteiger partial charge in [0.2, 0.25) is 0 Å². The molecule has 2 aromatic carbocycles. The summed E-state index contributed by atoms with van der Waals surface area (Å²) >= 11 is 0. The molecule has 2 aromatic rings. The number of nitrogens with one attached hydrogen (secondary N) is 2. The van der Waals surface area contributed by atoms with E-state index in [1.165, 1.54) is 33.5 Å². The maximum absolute atomic E-state index is 4.37. The Hall–Kier alpha value is -2.84. The van der Waals surface area contributed by atoms with Gasteiger partial charge in [0.1, 0.15) is 0 Å². The van der Waals surface area contributed by atoms with Gasteiger partial charge in [-0.15, -0.1) is 0 Å². The number of rotatable bonds is 5. The maximum atomic E-state index is 4.37. The van der Waals surface area contributed by atoms with Crippen molar-refractivity contribution >= 4 is 17.0 Å². The molecule has 0 saturated heterocycles. The van der Waals surface area contributed by atoms with Gasteiger partial charge in [0.15, 0.2) is 0 Å². The summed E-state index contributed by atoms with van der Waals surface area (Å²) in [6.07, 6.45) is 8.65. The number of hydrogen-bond acceptors (Lipinski definition) is 2. The monoisotopic (exact) mass is 340 g/mol. The van der Waals surface area contributed by atoms with Crippen LogP contribution in [0.5, 0.6) is 0 Å². The second kappa shape index (κ2) is 7.19. The van der Waals surface area contributed by atoms with Crippen molar-refractivity contribution in [1.82, 2.24) is 5.32 Å². The van der Waals surface area contributed by atoms with Gasteiger partial charge in [-0.2, -0.15) is 0 Å². The highest BCUT2D eigenvalue weighted by atomic mass is 14.9. The summed E-state index contributed by atoms with van der Waals surface area (Å²) in [6.45, 7) is 8.38. The molecule has 0 aliphatic heterocycles. The number of hydrogen-bond donors (Lipinski definition) is 2. The largest absolute Gasteiger partial charge is 0.355 e. The van der Waals surface area contributed by atoms with Gasteiger partial charge in [0.25, 0.3) is 0 Å². The summed E-state index contributed by atoms with van der Waals surface area (Å²) in [6, 6.07) is 17.2. The van der Waals surface area contributed by atoms with Gasteiger partial charge in [-0.05, 0) is 41.0 Å². The van der Waals surface area contributed by atoms with Gasteiger partial charge in [-0.25, -0.2) is 0 Å². The van der Waals surface area contributed by atoms with Gasteiger partial charge < -0.3 is 10.6 Å². The molecule has 0 spiro atoms. The van der Waals surface area contributed by atoms with Crippen LogP contribution < -0.4 is 10.6 Å². The molecule has 0 saturated carbocycles. The van der Waals surface area contributed by atoms with Crippen molar-refractivity contribution in [3.63, 3.8) is 0 Å². The zero-order valence-corrected chi connectivity index (χ0v) is 15.1. The number of benzene rings is 2. The van der Waals surface area contributed by atoms with Crippen molar-refractivity contribution in [2.24, 2.45) is 5.92 Å². The molecule has 0 bridgehead atoms. The van der Waals surface area contributed by atoms with E-state index in [0.717, 1.165) is 18.8 Å². The molecule has 0 aromatic heterocycles. The van der Waals surface area contributed by atoms with Crippen molar-refractivity contribution in [3.05, 3.63) is 102 Å². The molecule has 1 unspecified atom stereocenters. The van der Waals surface area contributed by atoms with E-state index >= 15 is 0 Å². The second-order valence-corrected chi connectivity index (χ2v) is 6.73. The molecule has 2 heteroatoms. The van der Waals surface area contributed by atoms with Crippen molar-refractivity contribution < 1.29 is 0 Å². The van der Waals surface area contributed by atoms with Crippen LogP contribution in [0.15, 0.2) is 85.0 Å². The summed E-state index contributed by atoms with van der Waals surface area (Å²) < 4.78 is 0. The summed E-state index contributed by atoms with van der Waals surface area (Å²) in [4.78, 5) is 0. The second-order valence-electron chi connectivity index (χ2n) is 6.73. The first kappa shape index (κ1) is 16.6. The molecular formula is C24H24N2. The van der Waals surface area contributed by atoms with E-state index < -0.39 is 0 Å². The van der Waals surface area contributed by atoms with Crippen LogP contribution in [0.4, 0.5) is 5.69 Å². The van der Waals surface area contributed by atoms with E-state index in [1.54, 1.807) is 0 Å². The lowest BCUT2D eigenvalue weighted by Crippen LogP contribution is -2.17. The Kier molecular flexibility index (Phi) is 4.59. The van der Waals surface area contributed by atoms with E-state index in [0.29, 0.717) is 0 Å². The molecule has 4 rings (SSSR count). The maximum Gasteiger partial charge on any atom is 0.0506 e. The van der Waals surface area contributed by atoms with E-state index in [9.17, 15) is 0 Å². The van der Waals surface area contributed by atoms with Crippen molar-refractivity contribution in [1.29, 1.82) is 0 Å². The molecule has 0 fully saturated rings. The summed E-state index contributed by atoms with van der Waals surface area (Å²) in [5.41, 5.74) is 8.49. The molecule has 130 valence electrons. The van der Waals surface area contributed by atoms with Crippen LogP contribution in [0.25, 0.3) is 11.3 Å². The van der Waals surface area contributed by atoms with Crippen LogP contribution >= 0.6 is 0 Å². The Balaban J connectivity index is 1.70. The van der Waals surface area contributed by atoms with Crippen molar-refractivity contribution in [3.8, 4) is 0 Å². The van der Waals surface area contributed by atoms with Crippen LogP contribution in [0.1, 0.15) is 23.6 Å². The average molecular weight is 340 g/mol. The Morgan fingerprint density at radius 1 is 0.962 bits per heavy atom. The number of fused-ring (bicyclic) bond motifs is 2. The van der Waals surface area contributed by atoms with Gasteiger partial charge in [0.05, 0.1) is 5.70 Å². The first-order valence-electron chi connectivity index (χ1n) is 9.22. The molecule has 0 amide bonds. The third-order valence-electron chi connectivity index (χ3n) is 5.03. The molecule has 2 nitrogen and oxygen atoms in total. The SMILES string of the molecule is C=C1c2ccccc2C(Nc2ccc(CNCC)cc2)=C2C=CC=CC12. The van der Waals surface area contributed by atoms with Crippen LogP contribution in [0.3, 0.4) is 0 Å². The summed E-state index contributed by atoms with van der Waals surface area (Å²) in [7, 11) is 0. The van der Waals surface area contributed by atoms with Crippen molar-refractivity contribution in [2.45, 2.75) is 13.5 Å². The van der Waals surface area contributed by atoms with E-state index in [2.05, 4.69) is 97.0 Å². The molecule has 2 N–H and O–H groups in total. The molecule has 26 heavy (non-hydrogen) atoms. The molecular weight excluding hydrogens is 316 g/mol. The van der Waals surface area contributed by atoms with Gasteiger partial charge in [-0.3, -0.25) is 0 Å². The Bertz CT molecular complexity index is 913. The topological polar surface area (TPSA) is 24.1 Å². The average Bonchev–Trinajstić information content (AvgIpc) is 2.70. The zero-order valence-electron chi connectivity index (χ0n) is 15.1. The summed E-state index contributed by atoms with van der Waals surface area (Å²) in [5, 5.41) is 7.04. The first-order chi connectivity index (χ1) is 12.8. The zero-order chi connectivity index (χ0) is 17.9. The predicted molar refractivity (Wildman–Crippen MR) is 112 cm³/mol. The highest BCUT2D eigenvalue weighted by molar-refractivity contribution is 5.94. The normalized spacial score (nSPS) is 17.9. The lowest BCUT2D eigenvalue weighted by atomic mass is 9.76. The standard InChI is InChI=1S/C24H24N2/c1-3-25-16-18-12-14-19(15-13-18)26-24-22-10-6-4-8-20(22)17(2)21-9-5-7-11-23(21)24/h4-15,20,25-26H,2-3,16H2,1H3. The smallest absolute Gasteiger partial charge is 0.0506 e. The fourth-order valence-electron chi connectivity index (χ4n) is 3.65. The number of allylic oxidation sites excluding steroid dienone is 6. The van der Waals surface area contributed by atoms with Crippen LogP contribution in [0, 0.1) is 5.92 Å². The van der Waals surface area contributed by atoms with Gasteiger partial charge in [-0.1, -0.05) is 74.2 Å². The lowest BCUT2D eigenvalue weighted by molar-refractivity contribution is 0.727. The minimum Gasteiger partial charge on any atom is -0.355 e. The van der Waals surface area contributed by atoms with E-state index in [-0.39, 0.29) is 5.92 Å². The van der Waals surface area contributed by atoms with Crippen LogP contribution in [-0.4, -0.2) is 6.54 Å². The predicted octanol–water partition coefficient (Wildman–Crippen LogP) is 5.39. The quantitative estimate of drug-likeness (QED) is 0.763. The van der Waals surface area contributed by atoms with Crippen LogP contribution in [-0.2, 0) is 6.54 Å². The third kappa shape index (κ3) is 3.04. The Morgan fingerprint density at radius 2 is 1.73 bits per heavy atom. The molecule has 0 heterocycles. The summed E-state index contributed by atoms with van der Waals surface area (Å²) in [5.74, 6) is 0.241. The molecule has 0 radical (unpaired) electrons. The van der Waals surface area contributed by atoms with Crippen molar-refractivity contribution in [2.75, 3.05) is 11.9 Å². The number of anilines is 1. The fourth-order valence-corrected chi connectivity index (χ4v) is 3.65. The third-order valence-corrected chi connectivity index (χ3v) is 5.03. The molecule has 2 aliphatic carbocycles. The van der Waals surface area contributed by atoms with E-state index in [4.69, 9.17) is 0 Å². The van der Waals surface area contributed by atoms with E-state index in [1.807, 2.05) is 0 Å². The lowest BCUT2D eigenvalue weighted by Gasteiger charge is -2.31. The highest BCUT2D eigenvalue weighted by Gasteiger charge is 2.28.